The van der Waals surface area contributed by atoms with Crippen molar-refractivity contribution in [1.82, 2.24) is 10.2 Å². The maximum Gasteiger partial charge on any atom is 0.417 e. The molecule has 4 aromatic rings. The normalized spacial score (nSPS) is 12.0. The van der Waals surface area contributed by atoms with Crippen LogP contribution >= 0.6 is 11.6 Å². The molecule has 0 saturated carbocycles. The third kappa shape index (κ3) is 8.62. The van der Waals surface area contributed by atoms with Crippen molar-refractivity contribution in [1.29, 1.82) is 0 Å². The first kappa shape index (κ1) is 33.1. The van der Waals surface area contributed by atoms with E-state index in [1.54, 1.807) is 6.07 Å². The molecule has 4 aromatic carbocycles. The first-order valence-electron chi connectivity index (χ1n) is 14.4. The average molecular weight is 625 g/mol. The number of carboxylic acid groups (broad SMARTS) is 1. The molecule has 0 unspecified atom stereocenters. The molecular formula is C35H36ClF3N2O3. The van der Waals surface area contributed by atoms with E-state index >= 15 is 0 Å². The molecule has 0 atom stereocenters. The third-order valence-corrected chi connectivity index (χ3v) is 8.10. The summed E-state index contributed by atoms with van der Waals surface area (Å²) in [6.45, 7) is 3.59. The summed E-state index contributed by atoms with van der Waals surface area (Å²) in [6.07, 6.45) is -3.31. The number of alkyl halides is 3. The Morgan fingerprint density at radius 2 is 1.55 bits per heavy atom. The predicted molar refractivity (Wildman–Crippen MR) is 167 cm³/mol. The van der Waals surface area contributed by atoms with Gasteiger partial charge in [-0.05, 0) is 66.8 Å². The lowest BCUT2D eigenvalue weighted by molar-refractivity contribution is -0.138. The number of hydrogen-bond donors (Lipinski definition) is 2. The Labute approximate surface area is 261 Å². The second kappa shape index (κ2) is 15.2. The molecule has 0 fully saturated rings. The van der Waals surface area contributed by atoms with Crippen LogP contribution in [0.4, 0.5) is 13.2 Å². The minimum Gasteiger partial charge on any atom is -0.494 e. The largest absolute Gasteiger partial charge is 0.494 e. The van der Waals surface area contributed by atoms with Crippen molar-refractivity contribution in [3.05, 3.63) is 136 Å². The molecule has 5 nitrogen and oxygen atoms in total. The van der Waals surface area contributed by atoms with Crippen molar-refractivity contribution < 1.29 is 27.8 Å². The van der Waals surface area contributed by atoms with Crippen LogP contribution in [-0.4, -0.2) is 42.2 Å². The Morgan fingerprint density at radius 3 is 2.16 bits per heavy atom. The summed E-state index contributed by atoms with van der Waals surface area (Å²) in [5.41, 5.74) is 1.87. The fourth-order valence-corrected chi connectivity index (χ4v) is 5.60. The molecule has 232 valence electrons. The maximum absolute atomic E-state index is 13.7. The first-order valence-corrected chi connectivity index (χ1v) is 14.8. The number of rotatable bonds is 15. The second-order valence-corrected chi connectivity index (χ2v) is 11.1. The van der Waals surface area contributed by atoms with Gasteiger partial charge in [0.25, 0.3) is 0 Å². The van der Waals surface area contributed by atoms with Crippen molar-refractivity contribution in [2.45, 2.75) is 38.0 Å². The van der Waals surface area contributed by atoms with E-state index in [2.05, 4.69) is 17.1 Å². The summed E-state index contributed by atoms with van der Waals surface area (Å²) in [5.74, 6) is -0.204. The van der Waals surface area contributed by atoms with Gasteiger partial charge < -0.3 is 15.2 Å². The summed E-state index contributed by atoms with van der Waals surface area (Å²) in [5, 5.41) is 11.4. The molecule has 2 N–H and O–H groups in total. The standard InChI is InChI=1S/C35H36ClF3N2O3/c1-34(28-13-4-2-5-14-28,29-15-6-3-7-16-29)41(25-27-12-9-18-31(33(27)36)35(37,38)39)21-10-22-44-30-17-8-11-26(23-30)19-20-40-24-32(42)43/h2-9,11-18,23,40H,10,19-22,24-25H2,1H3,(H,42,43). The molecule has 0 bridgehead atoms. The van der Waals surface area contributed by atoms with Crippen molar-refractivity contribution in [3.8, 4) is 5.75 Å². The third-order valence-electron chi connectivity index (χ3n) is 7.66. The van der Waals surface area contributed by atoms with Crippen molar-refractivity contribution in [2.75, 3.05) is 26.2 Å². The van der Waals surface area contributed by atoms with Crippen LogP contribution in [0.3, 0.4) is 0 Å². The lowest BCUT2D eigenvalue weighted by atomic mass is 9.82. The van der Waals surface area contributed by atoms with Crippen LogP contribution in [0.15, 0.2) is 103 Å². The van der Waals surface area contributed by atoms with Crippen LogP contribution < -0.4 is 10.1 Å². The van der Waals surface area contributed by atoms with Gasteiger partial charge in [0.2, 0.25) is 0 Å². The zero-order valence-electron chi connectivity index (χ0n) is 24.5. The van der Waals surface area contributed by atoms with Gasteiger partial charge in [0.05, 0.1) is 29.3 Å². The highest BCUT2D eigenvalue weighted by Gasteiger charge is 2.37. The molecule has 4 rings (SSSR count). The van der Waals surface area contributed by atoms with Gasteiger partial charge in [-0.2, -0.15) is 13.2 Å². The van der Waals surface area contributed by atoms with E-state index in [0.717, 1.165) is 22.8 Å². The van der Waals surface area contributed by atoms with Crippen molar-refractivity contribution >= 4 is 17.6 Å². The fraction of sp³-hybridized carbons (Fsp3) is 0.286. The minimum absolute atomic E-state index is 0.0940. The number of nitrogens with zero attached hydrogens (tertiary/aromatic N) is 1. The zero-order chi connectivity index (χ0) is 31.6. The van der Waals surface area contributed by atoms with Crippen LogP contribution in [0.2, 0.25) is 5.02 Å². The van der Waals surface area contributed by atoms with Crippen LogP contribution in [0.1, 0.15) is 41.2 Å². The first-order chi connectivity index (χ1) is 21.1. The van der Waals surface area contributed by atoms with Gasteiger partial charge in [0.15, 0.2) is 0 Å². The van der Waals surface area contributed by atoms with Gasteiger partial charge in [0.1, 0.15) is 5.75 Å². The van der Waals surface area contributed by atoms with E-state index in [-0.39, 0.29) is 18.1 Å². The maximum atomic E-state index is 13.7. The van der Waals surface area contributed by atoms with E-state index in [1.165, 1.54) is 6.07 Å². The predicted octanol–water partition coefficient (Wildman–Crippen LogP) is 7.81. The SMILES string of the molecule is CC(c1ccccc1)(c1ccccc1)N(CCCOc1cccc(CCNCC(=O)O)c1)Cc1cccc(C(F)(F)F)c1Cl. The lowest BCUT2D eigenvalue weighted by Gasteiger charge is -2.43. The number of nitrogens with one attached hydrogen (secondary N) is 1. The Kier molecular flexibility index (Phi) is 11.4. The van der Waals surface area contributed by atoms with Crippen LogP contribution in [0, 0.1) is 0 Å². The van der Waals surface area contributed by atoms with Crippen molar-refractivity contribution in [3.63, 3.8) is 0 Å². The lowest BCUT2D eigenvalue weighted by Crippen LogP contribution is -2.45. The Hall–Kier alpha value is -3.85. The number of benzene rings is 4. The average Bonchev–Trinajstić information content (AvgIpc) is 3.01. The number of carboxylic acids is 1. The van der Waals surface area contributed by atoms with E-state index < -0.39 is 23.2 Å². The molecule has 0 saturated heterocycles. The van der Waals surface area contributed by atoms with Crippen molar-refractivity contribution in [2.24, 2.45) is 0 Å². The molecule has 0 aromatic heterocycles. The summed E-state index contributed by atoms with van der Waals surface area (Å²) >= 11 is 6.39. The van der Waals surface area contributed by atoms with E-state index in [1.807, 2.05) is 84.9 Å². The van der Waals surface area contributed by atoms with Gasteiger partial charge in [-0.1, -0.05) is 96.5 Å². The fourth-order valence-electron chi connectivity index (χ4n) is 5.31. The summed E-state index contributed by atoms with van der Waals surface area (Å²) < 4.78 is 47.3. The molecule has 0 heterocycles. The van der Waals surface area contributed by atoms with Crippen LogP contribution in [-0.2, 0) is 29.5 Å². The molecule has 0 aliphatic heterocycles. The van der Waals surface area contributed by atoms with E-state index in [4.69, 9.17) is 21.4 Å². The Morgan fingerprint density at radius 1 is 0.909 bits per heavy atom. The number of aliphatic carboxylic acids is 1. The van der Waals surface area contributed by atoms with Crippen LogP contribution in [0.5, 0.6) is 5.75 Å². The topological polar surface area (TPSA) is 61.8 Å². The molecule has 0 amide bonds. The summed E-state index contributed by atoms with van der Waals surface area (Å²) in [7, 11) is 0. The molecule has 44 heavy (non-hydrogen) atoms. The Bertz CT molecular complexity index is 1460. The highest BCUT2D eigenvalue weighted by atomic mass is 35.5. The van der Waals surface area contributed by atoms with E-state index in [0.29, 0.717) is 43.9 Å². The number of ether oxygens (including phenoxy) is 1. The summed E-state index contributed by atoms with van der Waals surface area (Å²) in [6, 6.07) is 31.5. The molecule has 9 heteroatoms. The van der Waals surface area contributed by atoms with Gasteiger partial charge in [-0.15, -0.1) is 0 Å². The zero-order valence-corrected chi connectivity index (χ0v) is 25.2. The molecular weight excluding hydrogens is 589 g/mol. The molecule has 0 spiro atoms. The second-order valence-electron chi connectivity index (χ2n) is 10.7. The smallest absolute Gasteiger partial charge is 0.417 e. The quantitative estimate of drug-likeness (QED) is 0.132. The number of carbonyl (C=O) groups is 1. The Balaban J connectivity index is 1.57. The number of halogens is 4. The number of hydrogen-bond acceptors (Lipinski definition) is 4. The van der Waals surface area contributed by atoms with Gasteiger partial charge >= 0.3 is 12.1 Å². The highest BCUT2D eigenvalue weighted by Crippen LogP contribution is 2.40. The van der Waals surface area contributed by atoms with Gasteiger partial charge in [-0.25, -0.2) is 0 Å². The van der Waals surface area contributed by atoms with Gasteiger partial charge in [0, 0.05) is 13.1 Å². The summed E-state index contributed by atoms with van der Waals surface area (Å²) in [4.78, 5) is 12.9. The minimum atomic E-state index is -4.56. The van der Waals surface area contributed by atoms with Crippen LogP contribution in [0.25, 0.3) is 0 Å². The molecule has 0 aliphatic carbocycles. The van der Waals surface area contributed by atoms with E-state index in [9.17, 15) is 18.0 Å². The monoisotopic (exact) mass is 624 g/mol. The highest BCUT2D eigenvalue weighted by molar-refractivity contribution is 6.32. The molecule has 0 radical (unpaired) electrons. The van der Waals surface area contributed by atoms with Gasteiger partial charge in [-0.3, -0.25) is 9.69 Å². The molecule has 0 aliphatic rings.